The summed E-state index contributed by atoms with van der Waals surface area (Å²) in [4.78, 5) is 0. The van der Waals surface area contributed by atoms with E-state index in [1.807, 2.05) is 24.3 Å². The molecule has 2 rings (SSSR count). The maximum Gasteiger partial charge on any atom is 0.127 e. The molecule has 112 valence electrons. The van der Waals surface area contributed by atoms with Crippen molar-refractivity contribution in [2.45, 2.75) is 33.4 Å². The Labute approximate surface area is 132 Å². The number of para-hydroxylation sites is 1. The highest BCUT2D eigenvalue weighted by Crippen LogP contribution is 2.24. The van der Waals surface area contributed by atoms with Gasteiger partial charge in [0.2, 0.25) is 0 Å². The summed E-state index contributed by atoms with van der Waals surface area (Å²) in [6, 6.07) is 14.1. The average molecular weight is 304 g/mol. The van der Waals surface area contributed by atoms with Gasteiger partial charge in [-0.25, -0.2) is 0 Å². The zero-order chi connectivity index (χ0) is 15.1. The number of nitrogens with one attached hydrogen (secondary N) is 1. The van der Waals surface area contributed by atoms with Crippen LogP contribution in [0.25, 0.3) is 0 Å². The Morgan fingerprint density at radius 2 is 1.86 bits per heavy atom. The lowest BCUT2D eigenvalue weighted by Crippen LogP contribution is -2.15. The van der Waals surface area contributed by atoms with Gasteiger partial charge in [-0.2, -0.15) is 0 Å². The van der Waals surface area contributed by atoms with Crippen molar-refractivity contribution in [2.75, 3.05) is 6.54 Å². The minimum atomic E-state index is 0.558. The first-order valence-electron chi connectivity index (χ1n) is 7.37. The van der Waals surface area contributed by atoms with E-state index in [9.17, 15) is 0 Å². The van der Waals surface area contributed by atoms with E-state index in [0.29, 0.717) is 6.61 Å². The van der Waals surface area contributed by atoms with Crippen molar-refractivity contribution in [3.05, 3.63) is 64.2 Å². The molecule has 0 spiro atoms. The van der Waals surface area contributed by atoms with Crippen LogP contribution >= 0.6 is 11.6 Å². The second-order valence-electron chi connectivity index (χ2n) is 5.16. The van der Waals surface area contributed by atoms with E-state index >= 15 is 0 Å². The number of aryl methyl sites for hydroxylation is 1. The molecule has 2 nitrogen and oxygen atoms in total. The molecule has 0 saturated heterocycles. The lowest BCUT2D eigenvalue weighted by Gasteiger charge is -2.15. The fourth-order valence-electron chi connectivity index (χ4n) is 2.19. The second kappa shape index (κ2) is 8.06. The average Bonchev–Trinajstić information content (AvgIpc) is 2.48. The van der Waals surface area contributed by atoms with Crippen LogP contribution in [-0.2, 0) is 13.2 Å². The van der Waals surface area contributed by atoms with Crippen molar-refractivity contribution in [1.29, 1.82) is 0 Å². The Morgan fingerprint density at radius 3 is 2.57 bits per heavy atom. The van der Waals surface area contributed by atoms with Crippen LogP contribution < -0.4 is 10.1 Å². The number of hydrogen-bond acceptors (Lipinski definition) is 2. The monoisotopic (exact) mass is 303 g/mol. The van der Waals surface area contributed by atoms with E-state index in [2.05, 4.69) is 37.4 Å². The van der Waals surface area contributed by atoms with Gasteiger partial charge in [-0.15, -0.1) is 0 Å². The SMILES string of the molecule is CCCNCc1cccc(C)c1OCc1ccc(Cl)cc1. The first-order chi connectivity index (χ1) is 10.2. The third-order valence-electron chi connectivity index (χ3n) is 3.33. The molecule has 0 bridgehead atoms. The first-order valence-corrected chi connectivity index (χ1v) is 7.75. The van der Waals surface area contributed by atoms with Gasteiger partial charge in [0.1, 0.15) is 12.4 Å². The Bertz CT molecular complexity index is 566. The van der Waals surface area contributed by atoms with Gasteiger partial charge in [-0.05, 0) is 43.1 Å². The van der Waals surface area contributed by atoms with E-state index in [1.54, 1.807) is 0 Å². The molecule has 0 radical (unpaired) electrons. The third-order valence-corrected chi connectivity index (χ3v) is 3.58. The minimum Gasteiger partial charge on any atom is -0.488 e. The molecule has 21 heavy (non-hydrogen) atoms. The lowest BCUT2D eigenvalue weighted by atomic mass is 10.1. The summed E-state index contributed by atoms with van der Waals surface area (Å²) >= 11 is 5.90. The molecule has 1 N–H and O–H groups in total. The number of rotatable bonds is 7. The van der Waals surface area contributed by atoms with Crippen LogP contribution in [0.5, 0.6) is 5.75 Å². The molecular weight excluding hydrogens is 282 g/mol. The number of halogens is 1. The number of hydrogen-bond donors (Lipinski definition) is 1. The van der Waals surface area contributed by atoms with Gasteiger partial charge in [0.05, 0.1) is 0 Å². The highest BCUT2D eigenvalue weighted by atomic mass is 35.5. The van der Waals surface area contributed by atoms with E-state index in [4.69, 9.17) is 16.3 Å². The standard InChI is InChI=1S/C18H22ClNO/c1-3-11-20-12-16-6-4-5-14(2)18(16)21-13-15-7-9-17(19)10-8-15/h4-10,20H,3,11-13H2,1-2H3. The van der Waals surface area contributed by atoms with Gasteiger partial charge in [0.15, 0.2) is 0 Å². The number of benzene rings is 2. The zero-order valence-corrected chi connectivity index (χ0v) is 13.4. The highest BCUT2D eigenvalue weighted by molar-refractivity contribution is 6.30. The fourth-order valence-corrected chi connectivity index (χ4v) is 2.32. The van der Waals surface area contributed by atoms with E-state index in [-0.39, 0.29) is 0 Å². The molecule has 0 unspecified atom stereocenters. The van der Waals surface area contributed by atoms with Gasteiger partial charge in [-0.1, -0.05) is 48.9 Å². The maximum atomic E-state index is 6.04. The summed E-state index contributed by atoms with van der Waals surface area (Å²) in [5, 5.41) is 4.18. The van der Waals surface area contributed by atoms with Gasteiger partial charge < -0.3 is 10.1 Å². The van der Waals surface area contributed by atoms with Crippen LogP contribution in [0, 0.1) is 6.92 Å². The third kappa shape index (κ3) is 4.76. The van der Waals surface area contributed by atoms with Gasteiger partial charge in [0, 0.05) is 17.1 Å². The Kier molecular flexibility index (Phi) is 6.09. The maximum absolute atomic E-state index is 6.04. The van der Waals surface area contributed by atoms with Gasteiger partial charge >= 0.3 is 0 Å². The number of ether oxygens (including phenoxy) is 1. The summed E-state index contributed by atoms with van der Waals surface area (Å²) in [5.41, 5.74) is 3.49. The van der Waals surface area contributed by atoms with Gasteiger partial charge in [0.25, 0.3) is 0 Å². The van der Waals surface area contributed by atoms with Crippen LogP contribution in [0.15, 0.2) is 42.5 Å². The predicted octanol–water partition coefficient (Wildman–Crippen LogP) is 4.73. The molecular formula is C18H22ClNO. The zero-order valence-electron chi connectivity index (χ0n) is 12.7. The van der Waals surface area contributed by atoms with Crippen LogP contribution in [0.1, 0.15) is 30.0 Å². The normalized spacial score (nSPS) is 10.6. The first kappa shape index (κ1) is 15.9. The summed E-state index contributed by atoms with van der Waals surface area (Å²) in [7, 11) is 0. The van der Waals surface area contributed by atoms with Crippen LogP contribution in [0.3, 0.4) is 0 Å². The molecule has 0 atom stereocenters. The molecule has 0 aliphatic carbocycles. The largest absolute Gasteiger partial charge is 0.488 e. The van der Waals surface area contributed by atoms with Crippen molar-refractivity contribution in [2.24, 2.45) is 0 Å². The molecule has 0 aromatic heterocycles. The summed E-state index contributed by atoms with van der Waals surface area (Å²) < 4.78 is 6.04. The van der Waals surface area contributed by atoms with Crippen molar-refractivity contribution in [3.8, 4) is 5.75 Å². The smallest absolute Gasteiger partial charge is 0.127 e. The quantitative estimate of drug-likeness (QED) is 0.747. The van der Waals surface area contributed by atoms with E-state index < -0.39 is 0 Å². The molecule has 0 fully saturated rings. The lowest BCUT2D eigenvalue weighted by molar-refractivity contribution is 0.300. The molecule has 0 saturated carbocycles. The van der Waals surface area contributed by atoms with Crippen molar-refractivity contribution in [3.63, 3.8) is 0 Å². The highest BCUT2D eigenvalue weighted by Gasteiger charge is 2.07. The van der Waals surface area contributed by atoms with E-state index in [1.165, 1.54) is 11.1 Å². The summed E-state index contributed by atoms with van der Waals surface area (Å²) in [6.07, 6.45) is 1.13. The minimum absolute atomic E-state index is 0.558. The van der Waals surface area contributed by atoms with Crippen LogP contribution in [0.4, 0.5) is 0 Å². The topological polar surface area (TPSA) is 21.3 Å². The summed E-state index contributed by atoms with van der Waals surface area (Å²) in [6.45, 7) is 6.67. The van der Waals surface area contributed by atoms with Crippen molar-refractivity contribution < 1.29 is 4.74 Å². The Morgan fingerprint density at radius 1 is 1.10 bits per heavy atom. The molecule has 0 heterocycles. The van der Waals surface area contributed by atoms with Crippen molar-refractivity contribution in [1.82, 2.24) is 5.32 Å². The van der Waals surface area contributed by atoms with E-state index in [0.717, 1.165) is 35.8 Å². The van der Waals surface area contributed by atoms with Gasteiger partial charge in [-0.3, -0.25) is 0 Å². The predicted molar refractivity (Wildman–Crippen MR) is 89.0 cm³/mol. The van der Waals surface area contributed by atoms with Crippen LogP contribution in [-0.4, -0.2) is 6.54 Å². The Hall–Kier alpha value is -1.51. The fraction of sp³-hybridized carbons (Fsp3) is 0.333. The molecule has 0 aliphatic rings. The van der Waals surface area contributed by atoms with Crippen molar-refractivity contribution >= 4 is 11.6 Å². The molecule has 3 heteroatoms. The Balaban J connectivity index is 2.05. The second-order valence-corrected chi connectivity index (χ2v) is 5.59. The molecule has 2 aromatic carbocycles. The molecule has 0 aliphatic heterocycles. The summed E-state index contributed by atoms with van der Waals surface area (Å²) in [5.74, 6) is 0.982. The molecule has 0 amide bonds. The molecule has 2 aromatic rings. The van der Waals surface area contributed by atoms with Crippen LogP contribution in [0.2, 0.25) is 5.02 Å².